The highest BCUT2D eigenvalue weighted by atomic mass is 16.5. The molecule has 2 aliphatic heterocycles. The van der Waals surface area contributed by atoms with Gasteiger partial charge in [0.05, 0.1) is 6.61 Å². The predicted molar refractivity (Wildman–Crippen MR) is 84.5 cm³/mol. The molecule has 5 nitrogen and oxygen atoms in total. The molecule has 0 bridgehead atoms. The number of piperidine rings is 1. The maximum atomic E-state index is 12.2. The molecule has 3 heterocycles. The van der Waals surface area contributed by atoms with Gasteiger partial charge in [-0.1, -0.05) is 18.2 Å². The van der Waals surface area contributed by atoms with Crippen LogP contribution in [0.5, 0.6) is 5.88 Å². The Balaban J connectivity index is 1.69. The minimum absolute atomic E-state index is 0.108. The van der Waals surface area contributed by atoms with E-state index in [-0.39, 0.29) is 23.7 Å². The monoisotopic (exact) mass is 310 g/mol. The molecule has 118 valence electrons. The summed E-state index contributed by atoms with van der Waals surface area (Å²) in [4.78, 5) is 23.6. The zero-order chi connectivity index (χ0) is 15.8. The standard InChI is InChI=1S/C18H18N2O3/c21-16-7-6-14(17(22)19-16)13-9-11-23-18-15(13)8-10-20(18)12-4-2-1-3-5-12/h1-5,8,10,13-14H,6-7,9,11H2,(H,19,21,22). The van der Waals surface area contributed by atoms with Crippen LogP contribution in [0.4, 0.5) is 0 Å². The second-order valence-electron chi connectivity index (χ2n) is 6.08. The number of nitrogens with zero attached hydrogens (tertiary/aromatic N) is 1. The first kappa shape index (κ1) is 14.1. The fourth-order valence-corrected chi connectivity index (χ4v) is 3.61. The summed E-state index contributed by atoms with van der Waals surface area (Å²) in [7, 11) is 0. The van der Waals surface area contributed by atoms with E-state index in [0.717, 1.165) is 23.6 Å². The van der Waals surface area contributed by atoms with E-state index in [0.29, 0.717) is 19.4 Å². The van der Waals surface area contributed by atoms with Crippen molar-refractivity contribution in [2.75, 3.05) is 6.61 Å². The molecule has 2 unspecified atom stereocenters. The van der Waals surface area contributed by atoms with Crippen molar-refractivity contribution in [1.82, 2.24) is 9.88 Å². The molecule has 2 aliphatic rings. The van der Waals surface area contributed by atoms with Crippen molar-refractivity contribution in [1.29, 1.82) is 0 Å². The van der Waals surface area contributed by atoms with E-state index in [9.17, 15) is 9.59 Å². The summed E-state index contributed by atoms with van der Waals surface area (Å²) in [5.74, 6) is 0.461. The first-order valence-electron chi connectivity index (χ1n) is 7.97. The number of benzene rings is 1. The number of carbonyl (C=O) groups excluding carboxylic acids is 2. The lowest BCUT2D eigenvalue weighted by molar-refractivity contribution is -0.137. The van der Waals surface area contributed by atoms with Gasteiger partial charge in [0.25, 0.3) is 0 Å². The van der Waals surface area contributed by atoms with Crippen LogP contribution in [-0.4, -0.2) is 23.0 Å². The minimum Gasteiger partial charge on any atom is -0.478 e. The Hall–Kier alpha value is -2.56. The van der Waals surface area contributed by atoms with E-state index < -0.39 is 0 Å². The Morgan fingerprint density at radius 1 is 1.04 bits per heavy atom. The summed E-state index contributed by atoms with van der Waals surface area (Å²) in [5.41, 5.74) is 2.10. The first-order valence-corrected chi connectivity index (χ1v) is 7.97. The van der Waals surface area contributed by atoms with E-state index in [2.05, 4.69) is 5.32 Å². The molecule has 4 rings (SSSR count). The van der Waals surface area contributed by atoms with Crippen LogP contribution in [0.25, 0.3) is 5.69 Å². The quantitative estimate of drug-likeness (QED) is 0.867. The topological polar surface area (TPSA) is 60.3 Å². The van der Waals surface area contributed by atoms with Crippen LogP contribution < -0.4 is 10.1 Å². The van der Waals surface area contributed by atoms with Crippen LogP contribution in [0, 0.1) is 5.92 Å². The largest absolute Gasteiger partial charge is 0.478 e. The SMILES string of the molecule is O=C1CCC(C2CCOc3c2ccn3-c2ccccc2)C(=O)N1. The van der Waals surface area contributed by atoms with Gasteiger partial charge in [-0.2, -0.15) is 0 Å². The van der Waals surface area contributed by atoms with Gasteiger partial charge in [0.2, 0.25) is 17.7 Å². The number of hydrogen-bond donors (Lipinski definition) is 1. The third kappa shape index (κ3) is 2.42. The summed E-state index contributed by atoms with van der Waals surface area (Å²) >= 11 is 0. The Morgan fingerprint density at radius 2 is 1.87 bits per heavy atom. The number of fused-ring (bicyclic) bond motifs is 1. The molecule has 1 saturated heterocycles. The van der Waals surface area contributed by atoms with Crippen LogP contribution in [0.1, 0.15) is 30.7 Å². The van der Waals surface area contributed by atoms with Crippen molar-refractivity contribution in [3.05, 3.63) is 48.2 Å². The molecule has 2 amide bonds. The summed E-state index contributed by atoms with van der Waals surface area (Å²) in [6.45, 7) is 0.590. The molecule has 1 fully saturated rings. The summed E-state index contributed by atoms with van der Waals surface area (Å²) < 4.78 is 7.91. The third-order valence-electron chi connectivity index (χ3n) is 4.74. The van der Waals surface area contributed by atoms with Gasteiger partial charge < -0.3 is 4.74 Å². The van der Waals surface area contributed by atoms with Crippen LogP contribution in [0.2, 0.25) is 0 Å². The molecule has 0 saturated carbocycles. The van der Waals surface area contributed by atoms with E-state index in [1.165, 1.54) is 0 Å². The maximum Gasteiger partial charge on any atom is 0.230 e. The average molecular weight is 310 g/mol. The highest BCUT2D eigenvalue weighted by Gasteiger charge is 2.38. The number of aromatic nitrogens is 1. The van der Waals surface area contributed by atoms with Gasteiger partial charge >= 0.3 is 0 Å². The number of rotatable bonds is 2. The Bertz CT molecular complexity index is 751. The van der Waals surface area contributed by atoms with Gasteiger partial charge in [-0.3, -0.25) is 19.5 Å². The van der Waals surface area contributed by atoms with E-state index in [1.807, 2.05) is 47.2 Å². The molecule has 2 atom stereocenters. The zero-order valence-electron chi connectivity index (χ0n) is 12.7. The molecule has 0 spiro atoms. The molecule has 0 aliphatic carbocycles. The molecule has 1 aromatic carbocycles. The molecule has 0 radical (unpaired) electrons. The molecular weight excluding hydrogens is 292 g/mol. The molecule has 2 aromatic rings. The molecule has 23 heavy (non-hydrogen) atoms. The van der Waals surface area contributed by atoms with Gasteiger partial charge in [-0.25, -0.2) is 0 Å². The number of para-hydroxylation sites is 1. The fourth-order valence-electron chi connectivity index (χ4n) is 3.61. The number of ether oxygens (including phenoxy) is 1. The van der Waals surface area contributed by atoms with Gasteiger partial charge in [-0.05, 0) is 31.0 Å². The highest BCUT2D eigenvalue weighted by molar-refractivity contribution is 5.99. The Kier molecular flexibility index (Phi) is 3.41. The Labute approximate surface area is 134 Å². The van der Waals surface area contributed by atoms with Gasteiger partial charge in [0, 0.05) is 35.7 Å². The van der Waals surface area contributed by atoms with Crippen molar-refractivity contribution in [3.63, 3.8) is 0 Å². The maximum absolute atomic E-state index is 12.2. The molecule has 5 heteroatoms. The second kappa shape index (κ2) is 5.57. The first-order chi connectivity index (χ1) is 11.2. The van der Waals surface area contributed by atoms with Crippen LogP contribution in [-0.2, 0) is 9.59 Å². The van der Waals surface area contributed by atoms with Crippen molar-refractivity contribution in [2.24, 2.45) is 5.92 Å². The van der Waals surface area contributed by atoms with Crippen molar-refractivity contribution >= 4 is 11.8 Å². The minimum atomic E-state index is -0.166. The van der Waals surface area contributed by atoms with E-state index in [1.54, 1.807) is 0 Å². The normalized spacial score (nSPS) is 23.8. The van der Waals surface area contributed by atoms with Crippen molar-refractivity contribution in [2.45, 2.75) is 25.2 Å². The number of hydrogen-bond acceptors (Lipinski definition) is 3. The lowest BCUT2D eigenvalue weighted by Gasteiger charge is -2.32. The van der Waals surface area contributed by atoms with Crippen LogP contribution >= 0.6 is 0 Å². The number of nitrogens with one attached hydrogen (secondary N) is 1. The van der Waals surface area contributed by atoms with Crippen molar-refractivity contribution in [3.8, 4) is 11.6 Å². The second-order valence-corrected chi connectivity index (χ2v) is 6.08. The molecular formula is C18H18N2O3. The number of amides is 2. The summed E-state index contributed by atoms with van der Waals surface area (Å²) in [6, 6.07) is 12.0. The van der Waals surface area contributed by atoms with Gasteiger partial charge in [0.15, 0.2) is 0 Å². The lowest BCUT2D eigenvalue weighted by Crippen LogP contribution is -2.43. The van der Waals surface area contributed by atoms with E-state index >= 15 is 0 Å². The predicted octanol–water partition coefficient (Wildman–Crippen LogP) is 2.40. The molecule has 1 aromatic heterocycles. The zero-order valence-corrected chi connectivity index (χ0v) is 12.7. The van der Waals surface area contributed by atoms with E-state index in [4.69, 9.17) is 4.74 Å². The number of imide groups is 1. The average Bonchev–Trinajstić information content (AvgIpc) is 3.00. The van der Waals surface area contributed by atoms with Crippen molar-refractivity contribution < 1.29 is 14.3 Å². The van der Waals surface area contributed by atoms with Crippen LogP contribution in [0.15, 0.2) is 42.6 Å². The van der Waals surface area contributed by atoms with Gasteiger partial charge in [-0.15, -0.1) is 0 Å². The Morgan fingerprint density at radius 3 is 2.65 bits per heavy atom. The third-order valence-corrected chi connectivity index (χ3v) is 4.74. The number of carbonyl (C=O) groups is 2. The fraction of sp³-hybridized carbons (Fsp3) is 0.333. The van der Waals surface area contributed by atoms with Gasteiger partial charge in [0.1, 0.15) is 0 Å². The highest BCUT2D eigenvalue weighted by Crippen LogP contribution is 2.42. The smallest absolute Gasteiger partial charge is 0.230 e. The molecule has 1 N–H and O–H groups in total. The summed E-state index contributed by atoms with van der Waals surface area (Å²) in [5, 5.41) is 2.47. The lowest BCUT2D eigenvalue weighted by atomic mass is 9.79. The van der Waals surface area contributed by atoms with Crippen LogP contribution in [0.3, 0.4) is 0 Å². The summed E-state index contributed by atoms with van der Waals surface area (Å²) in [6.07, 6.45) is 3.83.